The number of rotatable bonds is 6. The molecular formula is C27H20ClN3O3S. The van der Waals surface area contributed by atoms with E-state index in [1.807, 2.05) is 43.3 Å². The van der Waals surface area contributed by atoms with Crippen LogP contribution in [0.4, 0.5) is 5.69 Å². The van der Waals surface area contributed by atoms with Gasteiger partial charge in [-0.3, -0.25) is 14.2 Å². The maximum Gasteiger partial charge on any atom is 0.273 e. The van der Waals surface area contributed by atoms with Crippen molar-refractivity contribution in [1.82, 2.24) is 4.57 Å². The van der Waals surface area contributed by atoms with Crippen molar-refractivity contribution in [2.75, 3.05) is 11.9 Å². The maximum atomic E-state index is 13.5. The normalized spacial score (nSPS) is 12.1. The lowest BCUT2D eigenvalue weighted by Crippen LogP contribution is -2.32. The van der Waals surface area contributed by atoms with Crippen LogP contribution in [-0.2, 0) is 4.79 Å². The monoisotopic (exact) mass is 501 g/mol. The number of aromatic nitrogens is 1. The van der Waals surface area contributed by atoms with Crippen molar-refractivity contribution in [1.29, 1.82) is 5.26 Å². The van der Waals surface area contributed by atoms with E-state index in [9.17, 15) is 14.9 Å². The highest BCUT2D eigenvalue weighted by Crippen LogP contribution is 2.15. The number of thiazole rings is 1. The number of benzene rings is 3. The van der Waals surface area contributed by atoms with Gasteiger partial charge in [0.05, 0.1) is 16.8 Å². The van der Waals surface area contributed by atoms with Crippen LogP contribution in [0.3, 0.4) is 0 Å². The Morgan fingerprint density at radius 2 is 1.77 bits per heavy atom. The molecule has 6 nitrogen and oxygen atoms in total. The number of carbonyl (C=O) groups excluding carboxylic acids is 1. The smallest absolute Gasteiger partial charge is 0.273 e. The number of carbonyl (C=O) groups is 1. The highest BCUT2D eigenvalue weighted by molar-refractivity contribution is 7.07. The number of halogens is 1. The predicted octanol–water partition coefficient (Wildman–Crippen LogP) is 4.09. The summed E-state index contributed by atoms with van der Waals surface area (Å²) in [6.07, 6.45) is 1.73. The molecule has 0 aliphatic rings. The molecule has 0 fully saturated rings. The zero-order valence-electron chi connectivity index (χ0n) is 18.7. The zero-order chi connectivity index (χ0) is 24.8. The molecular weight excluding hydrogens is 482 g/mol. The molecule has 0 bridgehead atoms. The summed E-state index contributed by atoms with van der Waals surface area (Å²) in [7, 11) is 0. The van der Waals surface area contributed by atoms with Crippen LogP contribution in [0.2, 0.25) is 5.02 Å². The van der Waals surface area contributed by atoms with E-state index in [0.29, 0.717) is 27.5 Å². The molecule has 4 rings (SSSR count). The van der Waals surface area contributed by atoms with E-state index in [-0.39, 0.29) is 15.8 Å². The van der Waals surface area contributed by atoms with Crippen LogP contribution < -0.4 is 24.8 Å². The Labute approximate surface area is 210 Å². The van der Waals surface area contributed by atoms with E-state index in [2.05, 4.69) is 5.32 Å². The van der Waals surface area contributed by atoms with Gasteiger partial charge in [0, 0.05) is 10.7 Å². The molecule has 0 aliphatic heterocycles. The Kier molecular flexibility index (Phi) is 7.46. The van der Waals surface area contributed by atoms with Crippen LogP contribution in [0.5, 0.6) is 5.75 Å². The summed E-state index contributed by atoms with van der Waals surface area (Å²) in [6, 6.07) is 24.8. The first-order valence-corrected chi connectivity index (χ1v) is 11.9. The van der Waals surface area contributed by atoms with Gasteiger partial charge in [-0.2, -0.15) is 5.26 Å². The highest BCUT2D eigenvalue weighted by atomic mass is 35.5. The number of hydrogen-bond donors (Lipinski definition) is 1. The molecule has 1 amide bonds. The van der Waals surface area contributed by atoms with E-state index < -0.39 is 5.91 Å². The number of anilines is 1. The highest BCUT2D eigenvalue weighted by Gasteiger charge is 2.17. The number of para-hydroxylation sites is 1. The average Bonchev–Trinajstić information content (AvgIpc) is 3.18. The first-order valence-electron chi connectivity index (χ1n) is 10.7. The van der Waals surface area contributed by atoms with Gasteiger partial charge in [0.25, 0.3) is 11.5 Å². The van der Waals surface area contributed by atoms with Crippen molar-refractivity contribution in [3.8, 4) is 17.5 Å². The second-order valence-corrected chi connectivity index (χ2v) is 8.81. The van der Waals surface area contributed by atoms with Crippen molar-refractivity contribution < 1.29 is 9.53 Å². The van der Waals surface area contributed by atoms with Gasteiger partial charge < -0.3 is 10.1 Å². The third-order valence-electron chi connectivity index (χ3n) is 4.98. The molecule has 8 heteroatoms. The summed E-state index contributed by atoms with van der Waals surface area (Å²) in [4.78, 5) is 26.5. The molecule has 3 aromatic carbocycles. The maximum absolute atomic E-state index is 13.5. The number of nitrogens with zero attached hydrogens (tertiary/aromatic N) is 2. The van der Waals surface area contributed by atoms with E-state index in [4.69, 9.17) is 16.3 Å². The second kappa shape index (κ2) is 10.9. The second-order valence-electron chi connectivity index (χ2n) is 7.34. The average molecular weight is 502 g/mol. The molecule has 174 valence electrons. The van der Waals surface area contributed by atoms with Crippen LogP contribution in [0.25, 0.3) is 17.3 Å². The Balaban J connectivity index is 1.88. The van der Waals surface area contributed by atoms with Gasteiger partial charge >= 0.3 is 0 Å². The van der Waals surface area contributed by atoms with Crippen molar-refractivity contribution in [2.24, 2.45) is 0 Å². The van der Waals surface area contributed by atoms with Crippen molar-refractivity contribution in [3.63, 3.8) is 0 Å². The molecule has 0 radical (unpaired) electrons. The fraction of sp³-hybridized carbons (Fsp3) is 0.0741. The van der Waals surface area contributed by atoms with E-state index in [1.165, 1.54) is 4.57 Å². The lowest BCUT2D eigenvalue weighted by Gasteiger charge is -2.06. The topological polar surface area (TPSA) is 84.1 Å². The fourth-order valence-corrected chi connectivity index (χ4v) is 4.59. The molecule has 0 saturated heterocycles. The Morgan fingerprint density at radius 1 is 1.09 bits per heavy atom. The molecule has 4 aromatic rings. The Bertz CT molecular complexity index is 1570. The Hall–Kier alpha value is -4.12. The van der Waals surface area contributed by atoms with Gasteiger partial charge in [0.15, 0.2) is 5.57 Å². The third kappa shape index (κ3) is 5.52. The summed E-state index contributed by atoms with van der Waals surface area (Å²) >= 11 is 7.00. The van der Waals surface area contributed by atoms with E-state index >= 15 is 0 Å². The van der Waals surface area contributed by atoms with Gasteiger partial charge in [0.1, 0.15) is 16.5 Å². The first kappa shape index (κ1) is 24.0. The van der Waals surface area contributed by atoms with Crippen molar-refractivity contribution in [3.05, 3.63) is 109 Å². The number of nitrogens with one attached hydrogen (secondary N) is 1. The zero-order valence-corrected chi connectivity index (χ0v) is 20.3. The summed E-state index contributed by atoms with van der Waals surface area (Å²) in [5.41, 5.74) is 1.35. The van der Waals surface area contributed by atoms with Crippen molar-refractivity contribution in [2.45, 2.75) is 6.92 Å². The number of ether oxygens (including phenoxy) is 1. The number of amides is 1. The minimum atomic E-state index is -0.617. The van der Waals surface area contributed by atoms with E-state index in [1.54, 1.807) is 54.6 Å². The van der Waals surface area contributed by atoms with Crippen LogP contribution in [-0.4, -0.2) is 17.1 Å². The number of nitriles is 1. The van der Waals surface area contributed by atoms with Crippen LogP contribution in [0.1, 0.15) is 12.5 Å². The molecule has 35 heavy (non-hydrogen) atoms. The predicted molar refractivity (Wildman–Crippen MR) is 139 cm³/mol. The molecule has 0 spiro atoms. The third-order valence-corrected chi connectivity index (χ3v) is 6.33. The SMILES string of the molecule is CCOc1ccc(/C=c2/s/c(=C(\C#N)C(=O)Nc3ccc(Cl)cc3)n(-c3ccccc3)c2=O)cc1. The molecule has 1 aromatic heterocycles. The molecule has 0 atom stereocenters. The summed E-state index contributed by atoms with van der Waals surface area (Å²) in [5, 5.41) is 13.1. The van der Waals surface area contributed by atoms with Crippen LogP contribution in [0.15, 0.2) is 83.7 Å². The standard InChI is InChI=1S/C27H20ClN3O3S/c1-2-34-22-14-8-18(9-15-22)16-24-26(33)31(21-6-4-3-5-7-21)27(35-24)23(17-29)25(32)30-20-12-10-19(28)11-13-20/h3-16H,2H2,1H3,(H,30,32)/b24-16+,27-23+. The molecule has 1 heterocycles. The summed E-state index contributed by atoms with van der Waals surface area (Å²) in [6.45, 7) is 2.47. The summed E-state index contributed by atoms with van der Waals surface area (Å²) < 4.78 is 7.50. The van der Waals surface area contributed by atoms with Gasteiger partial charge in [-0.05, 0) is 67.1 Å². The Morgan fingerprint density at radius 3 is 2.40 bits per heavy atom. The lowest BCUT2D eigenvalue weighted by atomic mass is 10.2. The first-order chi connectivity index (χ1) is 17.0. The molecule has 0 unspecified atom stereocenters. The fourth-order valence-electron chi connectivity index (χ4n) is 3.36. The minimum Gasteiger partial charge on any atom is -0.494 e. The van der Waals surface area contributed by atoms with Crippen LogP contribution >= 0.6 is 22.9 Å². The number of hydrogen-bond acceptors (Lipinski definition) is 5. The van der Waals surface area contributed by atoms with Gasteiger partial charge in [0.2, 0.25) is 0 Å². The van der Waals surface area contributed by atoms with Gasteiger partial charge in [-0.1, -0.05) is 41.9 Å². The molecule has 1 N–H and O–H groups in total. The quantitative estimate of drug-likeness (QED) is 0.431. The van der Waals surface area contributed by atoms with Gasteiger partial charge in [-0.25, -0.2) is 0 Å². The molecule has 0 aliphatic carbocycles. The summed E-state index contributed by atoms with van der Waals surface area (Å²) in [5.74, 6) is 0.116. The molecule has 0 saturated carbocycles. The van der Waals surface area contributed by atoms with Crippen molar-refractivity contribution >= 4 is 46.2 Å². The van der Waals surface area contributed by atoms with E-state index in [0.717, 1.165) is 22.6 Å². The van der Waals surface area contributed by atoms with Gasteiger partial charge in [-0.15, -0.1) is 11.3 Å². The largest absolute Gasteiger partial charge is 0.494 e. The minimum absolute atomic E-state index is 0.169. The lowest BCUT2D eigenvalue weighted by molar-refractivity contribution is -0.111. The van der Waals surface area contributed by atoms with Crippen LogP contribution in [0, 0.1) is 11.3 Å².